The largest absolute Gasteiger partial charge is 0.320 e. The van der Waals surface area contributed by atoms with Gasteiger partial charge in [-0.05, 0) is 6.07 Å². The van der Waals surface area contributed by atoms with E-state index in [1.54, 1.807) is 18.2 Å². The first-order valence-electron chi connectivity index (χ1n) is 4.50. The summed E-state index contributed by atoms with van der Waals surface area (Å²) < 4.78 is 36.7. The molecule has 1 unspecified atom stereocenters. The smallest absolute Gasteiger partial charge is 0.289 e. The van der Waals surface area contributed by atoms with Crippen molar-refractivity contribution in [1.29, 1.82) is 0 Å². The molecular weight excluding hydrogens is 221 g/mol. The molecule has 3 nitrogen and oxygen atoms in total. The molecule has 1 amide bonds. The van der Waals surface area contributed by atoms with Crippen molar-refractivity contribution >= 4 is 17.3 Å². The molecule has 1 heterocycles. The zero-order valence-electron chi connectivity index (χ0n) is 7.95. The number of fused-ring (bicyclic) bond motifs is 1. The Kier molecular flexibility index (Phi) is 2.64. The molecule has 0 radical (unpaired) electrons. The summed E-state index contributed by atoms with van der Waals surface area (Å²) in [7, 11) is 0. The lowest BCUT2D eigenvalue weighted by Gasteiger charge is -2.01. The summed E-state index contributed by atoms with van der Waals surface area (Å²) in [5.74, 6) is -0.662. The highest BCUT2D eigenvalue weighted by molar-refractivity contribution is 6.53. The van der Waals surface area contributed by atoms with Crippen molar-refractivity contribution < 1.29 is 18.0 Å². The Bertz CT molecular complexity index is 459. The first-order chi connectivity index (χ1) is 7.59. The van der Waals surface area contributed by atoms with E-state index in [2.05, 4.69) is 10.3 Å². The Morgan fingerprint density at radius 2 is 1.88 bits per heavy atom. The maximum atomic E-state index is 12.7. The molecular formula is C10H7F3N2O. The molecule has 1 aliphatic rings. The van der Waals surface area contributed by atoms with E-state index in [0.29, 0.717) is 11.3 Å². The van der Waals surface area contributed by atoms with E-state index in [-0.39, 0.29) is 5.71 Å². The number of benzene rings is 1. The molecule has 0 spiro atoms. The number of alkyl halides is 3. The highest BCUT2D eigenvalue weighted by Crippen LogP contribution is 2.23. The van der Waals surface area contributed by atoms with Crippen molar-refractivity contribution in [2.75, 3.05) is 5.32 Å². The molecule has 2 rings (SSSR count). The van der Waals surface area contributed by atoms with Crippen LogP contribution in [0.2, 0.25) is 0 Å². The van der Waals surface area contributed by atoms with Crippen LogP contribution in [0.25, 0.3) is 0 Å². The van der Waals surface area contributed by atoms with Crippen LogP contribution in [0, 0.1) is 0 Å². The summed E-state index contributed by atoms with van der Waals surface area (Å²) in [5.41, 5.74) is 0.506. The van der Waals surface area contributed by atoms with E-state index < -0.39 is 18.6 Å². The Morgan fingerprint density at radius 1 is 1.19 bits per heavy atom. The molecule has 1 N–H and O–H groups in total. The summed E-state index contributed by atoms with van der Waals surface area (Å²) in [4.78, 5) is 14.4. The molecule has 84 valence electrons. The molecule has 0 fully saturated rings. The fraction of sp³-hybridized carbons (Fsp3) is 0.200. The molecule has 0 aromatic heterocycles. The average molecular weight is 228 g/mol. The third-order valence-electron chi connectivity index (χ3n) is 2.11. The van der Waals surface area contributed by atoms with Gasteiger partial charge in [-0.3, -0.25) is 4.79 Å². The van der Waals surface area contributed by atoms with Crippen LogP contribution < -0.4 is 5.32 Å². The lowest BCUT2D eigenvalue weighted by atomic mass is 10.1. The lowest BCUT2D eigenvalue weighted by Crippen LogP contribution is -2.19. The number of aliphatic imine (C=N–C) groups is 1. The summed E-state index contributed by atoms with van der Waals surface area (Å²) in [5, 5.41) is 2.41. The van der Waals surface area contributed by atoms with Crippen molar-refractivity contribution in [3.05, 3.63) is 29.8 Å². The van der Waals surface area contributed by atoms with Crippen LogP contribution in [0.15, 0.2) is 29.3 Å². The minimum absolute atomic E-state index is 0.289. The number of carbonyl (C=O) groups is 1. The molecule has 1 aliphatic heterocycles. The summed E-state index contributed by atoms with van der Waals surface area (Å²) in [6.45, 7) is 0. The number of carbonyl (C=O) groups excluding carboxylic acids is 1. The quantitative estimate of drug-likeness (QED) is 0.772. The molecule has 1 aromatic rings. The van der Waals surface area contributed by atoms with E-state index >= 15 is 0 Å². The Balaban J connectivity index is 2.39. The molecule has 0 saturated heterocycles. The number of halogens is 3. The molecule has 0 bridgehead atoms. The normalized spacial score (nSPS) is 18.8. The molecule has 0 aliphatic carbocycles. The fourth-order valence-electron chi connectivity index (χ4n) is 1.41. The summed E-state index contributed by atoms with van der Waals surface area (Å²) >= 11 is 0. The van der Waals surface area contributed by atoms with E-state index in [4.69, 9.17) is 0 Å². The molecule has 1 atom stereocenters. The van der Waals surface area contributed by atoms with E-state index in [9.17, 15) is 18.0 Å². The Hall–Kier alpha value is -1.85. The first kappa shape index (κ1) is 10.7. The van der Waals surface area contributed by atoms with Crippen molar-refractivity contribution in [2.24, 2.45) is 4.99 Å². The van der Waals surface area contributed by atoms with E-state index in [1.165, 1.54) is 6.07 Å². The highest BCUT2D eigenvalue weighted by atomic mass is 19.3. The van der Waals surface area contributed by atoms with Crippen LogP contribution in [0.4, 0.5) is 18.9 Å². The van der Waals surface area contributed by atoms with Gasteiger partial charge in [0.05, 0.1) is 5.69 Å². The zero-order chi connectivity index (χ0) is 11.7. The second kappa shape index (κ2) is 3.96. The minimum Gasteiger partial charge on any atom is -0.320 e. The third-order valence-corrected chi connectivity index (χ3v) is 2.11. The van der Waals surface area contributed by atoms with Gasteiger partial charge in [0, 0.05) is 5.56 Å². The van der Waals surface area contributed by atoms with Crippen molar-refractivity contribution in [2.45, 2.75) is 12.7 Å². The van der Waals surface area contributed by atoms with Crippen LogP contribution in [0.1, 0.15) is 5.56 Å². The number of nitrogens with zero attached hydrogens (tertiary/aromatic N) is 1. The summed E-state index contributed by atoms with van der Waals surface area (Å²) in [6.07, 6.45) is -5.90. The second-order valence-electron chi connectivity index (χ2n) is 3.18. The van der Waals surface area contributed by atoms with E-state index in [0.717, 1.165) is 0 Å². The van der Waals surface area contributed by atoms with Crippen LogP contribution in [0.5, 0.6) is 0 Å². The fourth-order valence-corrected chi connectivity index (χ4v) is 1.41. The summed E-state index contributed by atoms with van der Waals surface area (Å²) in [6, 6.07) is 6.39. The number of hydrogen-bond donors (Lipinski definition) is 1. The number of nitrogens with one attached hydrogen (secondary N) is 1. The number of hydrogen-bond acceptors (Lipinski definition) is 2. The van der Waals surface area contributed by atoms with Gasteiger partial charge in [-0.2, -0.15) is 0 Å². The van der Waals surface area contributed by atoms with Gasteiger partial charge in [0.15, 0.2) is 0 Å². The zero-order valence-corrected chi connectivity index (χ0v) is 7.95. The SMILES string of the molecule is O=C1Nc2ccccc2C1=NC(F)C(F)F. The minimum atomic E-state index is -3.23. The van der Waals surface area contributed by atoms with Crippen molar-refractivity contribution in [1.82, 2.24) is 0 Å². The van der Waals surface area contributed by atoms with Gasteiger partial charge in [-0.25, -0.2) is 18.2 Å². The van der Waals surface area contributed by atoms with Gasteiger partial charge in [0.1, 0.15) is 5.71 Å². The predicted molar refractivity (Wildman–Crippen MR) is 52.5 cm³/mol. The molecule has 0 saturated carbocycles. The van der Waals surface area contributed by atoms with Crippen LogP contribution in [0.3, 0.4) is 0 Å². The van der Waals surface area contributed by atoms with Crippen molar-refractivity contribution in [3.8, 4) is 0 Å². The molecule has 16 heavy (non-hydrogen) atoms. The Labute approximate surface area is 89.0 Å². The number of anilines is 1. The van der Waals surface area contributed by atoms with Gasteiger partial charge < -0.3 is 5.32 Å². The van der Waals surface area contributed by atoms with Gasteiger partial charge in [-0.1, -0.05) is 18.2 Å². The Morgan fingerprint density at radius 3 is 2.56 bits per heavy atom. The van der Waals surface area contributed by atoms with Crippen molar-refractivity contribution in [3.63, 3.8) is 0 Å². The maximum Gasteiger partial charge on any atom is 0.289 e. The van der Waals surface area contributed by atoms with E-state index in [1.807, 2.05) is 0 Å². The van der Waals surface area contributed by atoms with Crippen LogP contribution in [-0.2, 0) is 4.79 Å². The monoisotopic (exact) mass is 228 g/mol. The number of para-hydroxylation sites is 1. The van der Waals surface area contributed by atoms with Gasteiger partial charge in [-0.15, -0.1) is 0 Å². The third kappa shape index (κ3) is 1.78. The second-order valence-corrected chi connectivity index (χ2v) is 3.18. The van der Waals surface area contributed by atoms with Crippen LogP contribution in [-0.4, -0.2) is 24.3 Å². The van der Waals surface area contributed by atoms with Gasteiger partial charge >= 0.3 is 0 Å². The standard InChI is InChI=1S/C10H7F3N2O/c11-8(12)9(13)15-7-5-3-1-2-4-6(5)14-10(7)16/h1-4,8-9H,(H,14,15,16). The van der Waals surface area contributed by atoms with Crippen LogP contribution >= 0.6 is 0 Å². The lowest BCUT2D eigenvalue weighted by molar-refractivity contribution is -0.110. The number of amides is 1. The average Bonchev–Trinajstić information content (AvgIpc) is 2.55. The first-order valence-corrected chi connectivity index (χ1v) is 4.50. The topological polar surface area (TPSA) is 41.5 Å². The number of rotatable bonds is 2. The van der Waals surface area contributed by atoms with Gasteiger partial charge in [0.25, 0.3) is 18.6 Å². The molecule has 6 heteroatoms. The highest BCUT2D eigenvalue weighted by Gasteiger charge is 2.28. The van der Waals surface area contributed by atoms with Gasteiger partial charge in [0.2, 0.25) is 0 Å². The maximum absolute atomic E-state index is 12.7. The predicted octanol–water partition coefficient (Wildman–Crippen LogP) is 1.99. The molecule has 1 aromatic carbocycles.